The summed E-state index contributed by atoms with van der Waals surface area (Å²) in [6.07, 6.45) is 14.7. The van der Waals surface area contributed by atoms with Crippen molar-refractivity contribution < 1.29 is 18.6 Å². The second kappa shape index (κ2) is 10.9. The number of aromatic nitrogens is 3. The number of phenolic OH excluding ortho intramolecular Hbond substituents is 1. The number of piperazine rings is 1. The van der Waals surface area contributed by atoms with Crippen molar-refractivity contribution in [3.63, 3.8) is 0 Å². The highest BCUT2D eigenvalue weighted by Gasteiger charge is 2.48. The number of rotatable bonds is 6. The third-order valence-corrected chi connectivity index (χ3v) is 10.2. The molecule has 4 saturated heterocycles. The topological polar surface area (TPSA) is 86.6 Å². The van der Waals surface area contributed by atoms with E-state index in [0.717, 1.165) is 58.3 Å². The van der Waals surface area contributed by atoms with Crippen molar-refractivity contribution in [3.05, 3.63) is 60.3 Å². The molecule has 8 nitrogen and oxygen atoms in total. The average Bonchev–Trinajstić information content (AvgIpc) is 3.70. The number of hydrogen-bond donors (Lipinski definition) is 2. The summed E-state index contributed by atoms with van der Waals surface area (Å²) in [4.78, 5) is 18.7. The smallest absolute Gasteiger partial charge is 0.319 e. The summed E-state index contributed by atoms with van der Waals surface area (Å²) in [5, 5.41) is 16.0. The number of fused-ring (bicyclic) bond motifs is 5. The molecule has 0 saturated carbocycles. The Balaban J connectivity index is 1.24. The molecule has 4 fully saturated rings. The van der Waals surface area contributed by atoms with Crippen LogP contribution in [0.2, 0.25) is 0 Å². The number of pyridine rings is 1. The van der Waals surface area contributed by atoms with Crippen LogP contribution in [0.15, 0.2) is 48.9 Å². The molecular weight excluding hydrogens is 574 g/mol. The normalized spacial score (nSPS) is 26.2. The van der Waals surface area contributed by atoms with Crippen LogP contribution in [-0.2, 0) is 0 Å². The van der Waals surface area contributed by atoms with Gasteiger partial charge in [0.1, 0.15) is 29.4 Å². The fraction of sp³-hybridized carbons (Fsp3) is 0.400. The fourth-order valence-corrected chi connectivity index (χ4v) is 8.20. The van der Waals surface area contributed by atoms with Crippen LogP contribution in [0.25, 0.3) is 32.9 Å². The summed E-state index contributed by atoms with van der Waals surface area (Å²) in [7, 11) is 0. The molecule has 0 spiro atoms. The van der Waals surface area contributed by atoms with Crippen LogP contribution in [0.1, 0.15) is 37.7 Å². The van der Waals surface area contributed by atoms with E-state index in [-0.39, 0.29) is 34.4 Å². The van der Waals surface area contributed by atoms with E-state index < -0.39 is 5.82 Å². The van der Waals surface area contributed by atoms with Crippen molar-refractivity contribution in [3.8, 4) is 35.4 Å². The van der Waals surface area contributed by atoms with E-state index >= 15 is 4.39 Å². The molecule has 2 aromatic heterocycles. The van der Waals surface area contributed by atoms with Crippen LogP contribution in [0.4, 0.5) is 14.6 Å². The first-order valence-corrected chi connectivity index (χ1v) is 15.7. The van der Waals surface area contributed by atoms with Crippen molar-refractivity contribution in [2.45, 2.75) is 49.7 Å². The molecule has 6 heterocycles. The van der Waals surface area contributed by atoms with E-state index in [9.17, 15) is 9.50 Å². The van der Waals surface area contributed by atoms with Crippen LogP contribution in [0.5, 0.6) is 11.8 Å². The Morgan fingerprint density at radius 3 is 2.82 bits per heavy atom. The number of terminal acetylenes is 1. The van der Waals surface area contributed by atoms with Crippen LogP contribution >= 0.6 is 0 Å². The third-order valence-electron chi connectivity index (χ3n) is 10.2. The lowest BCUT2D eigenvalue weighted by Gasteiger charge is -2.34. The molecule has 2 N–H and O–H groups in total. The van der Waals surface area contributed by atoms with Gasteiger partial charge in [0.2, 0.25) is 0 Å². The Kier molecular flexibility index (Phi) is 6.84. The number of benzene rings is 2. The second-order valence-corrected chi connectivity index (χ2v) is 12.9. The van der Waals surface area contributed by atoms with Crippen LogP contribution in [0, 0.1) is 24.1 Å². The molecule has 230 valence electrons. The SMILES string of the molecule is C#Cc1cccc2cc(O)cc(-c3ncc4c(N5CC6CCC(C5)N6)nc(OCC56CCCN5CC(/C=C/F)C6)nc4c3F)c12. The number of nitrogens with one attached hydrogen (secondary N) is 1. The summed E-state index contributed by atoms with van der Waals surface area (Å²) in [6.45, 7) is 3.54. The molecule has 10 heteroatoms. The van der Waals surface area contributed by atoms with E-state index in [0.29, 0.717) is 58.1 Å². The molecule has 45 heavy (non-hydrogen) atoms. The summed E-state index contributed by atoms with van der Waals surface area (Å²) < 4.78 is 36.2. The van der Waals surface area contributed by atoms with Crippen LogP contribution < -0.4 is 15.0 Å². The van der Waals surface area contributed by atoms with Crippen molar-refractivity contribution >= 4 is 27.5 Å². The molecule has 4 aliphatic heterocycles. The van der Waals surface area contributed by atoms with Gasteiger partial charge < -0.3 is 20.1 Å². The predicted molar refractivity (Wildman–Crippen MR) is 169 cm³/mol. The molecule has 4 aliphatic rings. The third kappa shape index (κ3) is 4.77. The van der Waals surface area contributed by atoms with E-state index in [1.807, 2.05) is 6.07 Å². The quantitative estimate of drug-likeness (QED) is 0.284. The summed E-state index contributed by atoms with van der Waals surface area (Å²) in [5.41, 5.74) is 0.875. The van der Waals surface area contributed by atoms with Gasteiger partial charge in [0.05, 0.1) is 17.3 Å². The lowest BCUT2D eigenvalue weighted by atomic mass is 9.91. The molecule has 0 radical (unpaired) electrons. The van der Waals surface area contributed by atoms with Crippen molar-refractivity contribution in [1.29, 1.82) is 0 Å². The maximum Gasteiger partial charge on any atom is 0.319 e. The summed E-state index contributed by atoms with van der Waals surface area (Å²) in [5.74, 6) is 2.76. The van der Waals surface area contributed by atoms with E-state index in [1.54, 1.807) is 30.5 Å². The number of anilines is 1. The number of ether oxygens (including phenoxy) is 1. The number of aromatic hydroxyl groups is 1. The molecule has 4 unspecified atom stereocenters. The summed E-state index contributed by atoms with van der Waals surface area (Å²) in [6, 6.07) is 9.29. The molecular formula is C35H34F2N6O2. The minimum Gasteiger partial charge on any atom is -0.508 e. The van der Waals surface area contributed by atoms with Gasteiger partial charge in [0, 0.05) is 54.4 Å². The Labute approximate surface area is 260 Å². The Morgan fingerprint density at radius 1 is 1.18 bits per heavy atom. The van der Waals surface area contributed by atoms with Crippen LogP contribution in [0.3, 0.4) is 0 Å². The van der Waals surface area contributed by atoms with Gasteiger partial charge in [0.25, 0.3) is 0 Å². The highest BCUT2D eigenvalue weighted by Crippen LogP contribution is 2.43. The average molecular weight is 609 g/mol. The first-order valence-electron chi connectivity index (χ1n) is 15.7. The Bertz CT molecular complexity index is 1880. The molecule has 2 aromatic carbocycles. The van der Waals surface area contributed by atoms with E-state index in [1.165, 1.54) is 6.07 Å². The zero-order chi connectivity index (χ0) is 30.7. The number of hydrogen-bond acceptors (Lipinski definition) is 8. The van der Waals surface area contributed by atoms with Crippen molar-refractivity contribution in [2.24, 2.45) is 5.92 Å². The van der Waals surface area contributed by atoms with Gasteiger partial charge >= 0.3 is 6.01 Å². The molecule has 0 amide bonds. The number of halogens is 2. The molecule has 4 aromatic rings. The number of phenols is 1. The minimum atomic E-state index is -0.632. The second-order valence-electron chi connectivity index (χ2n) is 12.9. The molecule has 8 rings (SSSR count). The monoisotopic (exact) mass is 608 g/mol. The van der Waals surface area contributed by atoms with Gasteiger partial charge in [-0.25, -0.2) is 8.78 Å². The number of nitrogens with zero attached hydrogens (tertiary/aromatic N) is 5. The lowest BCUT2D eigenvalue weighted by molar-refractivity contribution is 0.107. The van der Waals surface area contributed by atoms with Gasteiger partial charge in [-0.05, 0) is 68.2 Å². The highest BCUT2D eigenvalue weighted by molar-refractivity contribution is 6.02. The summed E-state index contributed by atoms with van der Waals surface area (Å²) >= 11 is 0. The first-order chi connectivity index (χ1) is 21.9. The van der Waals surface area contributed by atoms with Crippen molar-refractivity contribution in [1.82, 2.24) is 25.2 Å². The van der Waals surface area contributed by atoms with Gasteiger partial charge in [-0.2, -0.15) is 9.97 Å². The highest BCUT2D eigenvalue weighted by atomic mass is 19.1. The maximum atomic E-state index is 16.8. The largest absolute Gasteiger partial charge is 0.508 e. The van der Waals surface area contributed by atoms with Gasteiger partial charge in [0.15, 0.2) is 5.82 Å². The van der Waals surface area contributed by atoms with E-state index in [4.69, 9.17) is 16.1 Å². The van der Waals surface area contributed by atoms with Crippen LogP contribution in [-0.4, -0.2) is 75.4 Å². The Hall–Kier alpha value is -4.33. The zero-order valence-corrected chi connectivity index (χ0v) is 24.8. The van der Waals surface area contributed by atoms with Gasteiger partial charge in [-0.1, -0.05) is 24.1 Å². The van der Waals surface area contributed by atoms with Crippen molar-refractivity contribution in [2.75, 3.05) is 37.7 Å². The standard InChI is InChI=1S/C35H34F2N6O2/c1-2-22-5-3-6-23-13-26(44)14-27(29(22)23)31-30(37)32-28(16-38-31)33(42-18-24-7-8-25(19-42)39-24)41-34(40-32)45-20-35-10-4-12-43(35)17-21(15-35)9-11-36/h1,3,5-6,9,11,13-14,16,21,24-25,39,44H,4,7-8,10,12,15,17-20H2/b11-9+. The fourth-order valence-electron chi connectivity index (χ4n) is 8.20. The molecule has 4 atom stereocenters. The molecule has 0 aliphatic carbocycles. The first kappa shape index (κ1) is 28.2. The predicted octanol–water partition coefficient (Wildman–Crippen LogP) is 5.33. The maximum absolute atomic E-state index is 16.8. The lowest BCUT2D eigenvalue weighted by Crippen LogP contribution is -2.51. The molecule has 2 bridgehead atoms. The van der Waals surface area contributed by atoms with E-state index in [2.05, 4.69) is 31.0 Å². The van der Waals surface area contributed by atoms with Gasteiger partial charge in [-0.3, -0.25) is 9.88 Å². The Morgan fingerprint density at radius 2 is 2.02 bits per heavy atom. The van der Waals surface area contributed by atoms with Gasteiger partial charge in [-0.15, -0.1) is 6.42 Å². The minimum absolute atomic E-state index is 0.0190. The zero-order valence-electron chi connectivity index (χ0n) is 24.8.